The number of carbonyl (C=O) groups is 2. The van der Waals surface area contributed by atoms with E-state index in [-0.39, 0.29) is 16.5 Å². The average Bonchev–Trinajstić information content (AvgIpc) is 2.25. The van der Waals surface area contributed by atoms with E-state index in [1.54, 1.807) is 6.07 Å². The minimum Gasteiger partial charge on any atom is -0.496 e. The summed E-state index contributed by atoms with van der Waals surface area (Å²) >= 11 is 0. The van der Waals surface area contributed by atoms with Gasteiger partial charge < -0.3 is 9.84 Å². The zero-order valence-corrected chi connectivity index (χ0v) is 10.4. The normalized spacial score (nSPS) is 11.1. The molecule has 0 aromatic heterocycles. The Morgan fingerprint density at radius 3 is 2.29 bits per heavy atom. The summed E-state index contributed by atoms with van der Waals surface area (Å²) in [5.41, 5.74) is 0.770. The Balaban J connectivity index is 3.59. The van der Waals surface area contributed by atoms with Gasteiger partial charge in [-0.2, -0.15) is 0 Å². The summed E-state index contributed by atoms with van der Waals surface area (Å²) in [6.45, 7) is 5.81. The molecule has 0 aliphatic heterocycles. The highest BCUT2D eigenvalue weighted by Gasteiger charge is 2.23. The van der Waals surface area contributed by atoms with Crippen molar-refractivity contribution < 1.29 is 19.4 Å². The summed E-state index contributed by atoms with van der Waals surface area (Å²) < 4.78 is 5.20. The van der Waals surface area contributed by atoms with Gasteiger partial charge in [-0.25, -0.2) is 4.79 Å². The molecular weight excluding hydrogens is 220 g/mol. The van der Waals surface area contributed by atoms with Gasteiger partial charge in [-0.15, -0.1) is 0 Å². The first-order chi connectivity index (χ1) is 7.81. The van der Waals surface area contributed by atoms with Crippen molar-refractivity contribution in [1.82, 2.24) is 0 Å². The molecule has 1 N–H and O–H groups in total. The van der Waals surface area contributed by atoms with E-state index in [1.807, 2.05) is 20.8 Å². The number of rotatable bonds is 3. The van der Waals surface area contributed by atoms with Gasteiger partial charge in [0.2, 0.25) is 0 Å². The van der Waals surface area contributed by atoms with E-state index in [1.165, 1.54) is 13.2 Å². The van der Waals surface area contributed by atoms with Crippen LogP contribution in [0.15, 0.2) is 12.1 Å². The van der Waals surface area contributed by atoms with Crippen LogP contribution in [0, 0.1) is 0 Å². The maximum Gasteiger partial charge on any atom is 0.335 e. The van der Waals surface area contributed by atoms with Crippen molar-refractivity contribution in [2.75, 3.05) is 7.11 Å². The van der Waals surface area contributed by atoms with E-state index in [9.17, 15) is 9.59 Å². The van der Waals surface area contributed by atoms with Crippen molar-refractivity contribution in [3.8, 4) is 5.75 Å². The number of ether oxygens (including phenoxy) is 1. The van der Waals surface area contributed by atoms with Gasteiger partial charge in [-0.3, -0.25) is 4.79 Å². The van der Waals surface area contributed by atoms with Crippen LogP contribution in [0.25, 0.3) is 0 Å². The van der Waals surface area contributed by atoms with Crippen LogP contribution >= 0.6 is 0 Å². The predicted molar refractivity (Wildman–Crippen MR) is 64.0 cm³/mol. The van der Waals surface area contributed by atoms with Gasteiger partial charge in [0.1, 0.15) is 5.75 Å². The summed E-state index contributed by atoms with van der Waals surface area (Å²) in [6.07, 6.45) is 0.612. The first-order valence-electron chi connectivity index (χ1n) is 5.22. The number of aldehydes is 1. The van der Waals surface area contributed by atoms with E-state index in [0.29, 0.717) is 17.6 Å². The van der Waals surface area contributed by atoms with Gasteiger partial charge >= 0.3 is 5.97 Å². The molecule has 0 bridgehead atoms. The molecule has 0 unspecified atom stereocenters. The zero-order chi connectivity index (χ0) is 13.2. The molecule has 1 aromatic rings. The second kappa shape index (κ2) is 4.57. The number of carboxylic acids is 1. The molecule has 0 spiro atoms. The fraction of sp³-hybridized carbons (Fsp3) is 0.385. The molecule has 4 heteroatoms. The lowest BCUT2D eigenvalue weighted by atomic mass is 9.84. The van der Waals surface area contributed by atoms with Crippen LogP contribution in [-0.2, 0) is 5.41 Å². The molecule has 92 valence electrons. The van der Waals surface area contributed by atoms with Crippen LogP contribution in [0.2, 0.25) is 0 Å². The molecule has 1 aromatic carbocycles. The summed E-state index contributed by atoms with van der Waals surface area (Å²) in [5.74, 6) is -0.612. The molecule has 1 rings (SSSR count). The van der Waals surface area contributed by atoms with Crippen LogP contribution < -0.4 is 4.74 Å². The minimum absolute atomic E-state index is 0.0952. The van der Waals surface area contributed by atoms with E-state index < -0.39 is 5.97 Å². The lowest BCUT2D eigenvalue weighted by Gasteiger charge is -2.23. The van der Waals surface area contributed by atoms with Gasteiger partial charge in [-0.05, 0) is 17.5 Å². The lowest BCUT2D eigenvalue weighted by Crippen LogP contribution is -2.15. The number of hydrogen-bond acceptors (Lipinski definition) is 3. The number of aromatic carboxylic acids is 1. The number of carbonyl (C=O) groups excluding carboxylic acids is 1. The number of methoxy groups -OCH3 is 1. The van der Waals surface area contributed by atoms with Crippen molar-refractivity contribution in [1.29, 1.82) is 0 Å². The van der Waals surface area contributed by atoms with E-state index in [4.69, 9.17) is 9.84 Å². The second-order valence-corrected chi connectivity index (χ2v) is 4.82. The molecule has 0 aliphatic carbocycles. The molecule has 0 fully saturated rings. The Morgan fingerprint density at radius 2 is 1.94 bits per heavy atom. The first-order valence-corrected chi connectivity index (χ1v) is 5.22. The van der Waals surface area contributed by atoms with Gasteiger partial charge in [0.15, 0.2) is 6.29 Å². The van der Waals surface area contributed by atoms with Crippen molar-refractivity contribution >= 4 is 12.3 Å². The van der Waals surface area contributed by atoms with Crippen LogP contribution in [-0.4, -0.2) is 24.5 Å². The van der Waals surface area contributed by atoms with E-state index in [0.717, 1.165) is 0 Å². The number of hydrogen-bond donors (Lipinski definition) is 1. The first kappa shape index (κ1) is 13.2. The molecule has 4 nitrogen and oxygen atoms in total. The minimum atomic E-state index is -1.05. The third-order valence-electron chi connectivity index (χ3n) is 2.50. The Hall–Kier alpha value is -1.84. The largest absolute Gasteiger partial charge is 0.496 e. The summed E-state index contributed by atoms with van der Waals surface area (Å²) in [4.78, 5) is 22.0. The van der Waals surface area contributed by atoms with Crippen LogP contribution in [0.4, 0.5) is 0 Å². The van der Waals surface area contributed by atoms with Crippen molar-refractivity contribution in [2.45, 2.75) is 26.2 Å². The predicted octanol–water partition coefficient (Wildman–Crippen LogP) is 2.50. The van der Waals surface area contributed by atoms with Gasteiger partial charge in [0.05, 0.1) is 18.2 Å². The average molecular weight is 236 g/mol. The Morgan fingerprint density at radius 1 is 1.35 bits per heavy atom. The summed E-state index contributed by atoms with van der Waals surface area (Å²) in [7, 11) is 1.47. The lowest BCUT2D eigenvalue weighted by molar-refractivity contribution is 0.0696. The molecule has 0 atom stereocenters. The topological polar surface area (TPSA) is 63.6 Å². The molecule has 0 radical (unpaired) electrons. The highest BCUT2D eigenvalue weighted by Crippen LogP contribution is 2.34. The molecule has 0 heterocycles. The fourth-order valence-corrected chi connectivity index (χ4v) is 1.65. The maximum absolute atomic E-state index is 11.0. The van der Waals surface area contributed by atoms with E-state index >= 15 is 0 Å². The number of benzene rings is 1. The van der Waals surface area contributed by atoms with Gasteiger partial charge in [-0.1, -0.05) is 20.8 Å². The SMILES string of the molecule is COc1c(C=O)cc(C(=O)O)cc1C(C)(C)C. The Kier molecular flexibility index (Phi) is 3.56. The quantitative estimate of drug-likeness (QED) is 0.819. The van der Waals surface area contributed by atoms with Crippen LogP contribution in [0.1, 0.15) is 47.1 Å². The Labute approximate surface area is 100 Å². The smallest absolute Gasteiger partial charge is 0.335 e. The molecular formula is C13H16O4. The van der Waals surface area contributed by atoms with E-state index in [2.05, 4.69) is 0 Å². The highest BCUT2D eigenvalue weighted by molar-refractivity contribution is 5.92. The molecule has 0 amide bonds. The third-order valence-corrected chi connectivity index (χ3v) is 2.50. The van der Waals surface area contributed by atoms with Crippen molar-refractivity contribution in [3.63, 3.8) is 0 Å². The van der Waals surface area contributed by atoms with Crippen molar-refractivity contribution in [2.24, 2.45) is 0 Å². The summed E-state index contributed by atoms with van der Waals surface area (Å²) in [6, 6.07) is 2.87. The van der Waals surface area contributed by atoms with Gasteiger partial charge in [0.25, 0.3) is 0 Å². The molecule has 0 aliphatic rings. The standard InChI is InChI=1S/C13H16O4/c1-13(2,3)10-6-8(12(15)16)5-9(7-14)11(10)17-4/h5-7H,1-4H3,(H,15,16). The monoisotopic (exact) mass is 236 g/mol. The highest BCUT2D eigenvalue weighted by atomic mass is 16.5. The zero-order valence-electron chi connectivity index (χ0n) is 10.4. The van der Waals surface area contributed by atoms with Crippen LogP contribution in [0.5, 0.6) is 5.75 Å². The van der Waals surface area contributed by atoms with Gasteiger partial charge in [0, 0.05) is 5.56 Å². The molecule has 17 heavy (non-hydrogen) atoms. The maximum atomic E-state index is 11.0. The summed E-state index contributed by atoms with van der Waals surface area (Å²) in [5, 5.41) is 9.00. The molecule has 0 saturated carbocycles. The van der Waals surface area contributed by atoms with Crippen LogP contribution in [0.3, 0.4) is 0 Å². The second-order valence-electron chi connectivity index (χ2n) is 4.82. The fourth-order valence-electron chi connectivity index (χ4n) is 1.65. The molecule has 0 saturated heterocycles. The third kappa shape index (κ3) is 2.64. The van der Waals surface area contributed by atoms with Crippen molar-refractivity contribution in [3.05, 3.63) is 28.8 Å². The number of carboxylic acid groups (broad SMARTS) is 1. The Bertz CT molecular complexity index is 455.